The van der Waals surface area contributed by atoms with Crippen LogP contribution in [-0.4, -0.2) is 25.5 Å². The van der Waals surface area contributed by atoms with Crippen molar-refractivity contribution in [2.45, 2.75) is 33.9 Å². The minimum atomic E-state index is -0.200. The van der Waals surface area contributed by atoms with Gasteiger partial charge in [0.15, 0.2) is 5.82 Å². The van der Waals surface area contributed by atoms with Crippen LogP contribution in [0.4, 0.5) is 5.82 Å². The summed E-state index contributed by atoms with van der Waals surface area (Å²) in [5.41, 5.74) is 5.57. The van der Waals surface area contributed by atoms with Crippen LogP contribution in [0.2, 0.25) is 5.02 Å². The summed E-state index contributed by atoms with van der Waals surface area (Å²) in [5.74, 6) is 0.316. The van der Waals surface area contributed by atoms with E-state index in [0.717, 1.165) is 32.7 Å². The molecule has 2 aromatic carbocycles. The highest BCUT2D eigenvalue weighted by molar-refractivity contribution is 9.10. The summed E-state index contributed by atoms with van der Waals surface area (Å²) < 4.78 is 4.78. The van der Waals surface area contributed by atoms with Gasteiger partial charge in [-0.25, -0.2) is 0 Å². The molecule has 2 heterocycles. The van der Waals surface area contributed by atoms with E-state index in [9.17, 15) is 4.79 Å². The zero-order valence-electron chi connectivity index (χ0n) is 18.1. The predicted octanol–water partition coefficient (Wildman–Crippen LogP) is 5.77. The summed E-state index contributed by atoms with van der Waals surface area (Å²) in [6.07, 6.45) is 0. The lowest BCUT2D eigenvalue weighted by Crippen LogP contribution is -2.14. The summed E-state index contributed by atoms with van der Waals surface area (Å²) >= 11 is 9.64. The van der Waals surface area contributed by atoms with Crippen molar-refractivity contribution in [2.75, 3.05) is 5.32 Å². The lowest BCUT2D eigenvalue weighted by molar-refractivity contribution is 0.102. The molecule has 0 aliphatic carbocycles. The predicted molar refractivity (Wildman–Crippen MR) is 130 cm³/mol. The number of hydrogen-bond acceptors (Lipinski definition) is 3. The standard InChI is InChI=1S/C24H23BrClN5O/c1-15-10-22(29-30(15)13-19-7-5-9-21(26)12-19)27-24(32)20-8-4-6-18(11-20)14-31-17(3)23(25)16(2)28-31/h4-12H,13-14H2,1-3H3,(H,27,29,32). The molecule has 1 N–H and O–H groups in total. The molecule has 164 valence electrons. The Morgan fingerprint density at radius 1 is 0.969 bits per heavy atom. The number of anilines is 1. The molecule has 0 radical (unpaired) electrons. The molecule has 0 unspecified atom stereocenters. The van der Waals surface area contributed by atoms with Crippen molar-refractivity contribution in [2.24, 2.45) is 0 Å². The molecule has 4 rings (SSSR count). The molecule has 0 atom stereocenters. The largest absolute Gasteiger partial charge is 0.305 e. The van der Waals surface area contributed by atoms with Gasteiger partial charge in [-0.05, 0) is 72.1 Å². The topological polar surface area (TPSA) is 64.7 Å². The van der Waals surface area contributed by atoms with E-state index in [1.165, 1.54) is 0 Å². The van der Waals surface area contributed by atoms with Gasteiger partial charge in [0.2, 0.25) is 0 Å². The number of hydrogen-bond donors (Lipinski definition) is 1. The van der Waals surface area contributed by atoms with Crippen LogP contribution >= 0.6 is 27.5 Å². The van der Waals surface area contributed by atoms with Crippen LogP contribution in [0.25, 0.3) is 0 Å². The first-order valence-corrected chi connectivity index (χ1v) is 11.4. The minimum Gasteiger partial charge on any atom is -0.305 e. The van der Waals surface area contributed by atoms with Crippen LogP contribution in [-0.2, 0) is 13.1 Å². The Bertz CT molecular complexity index is 1290. The fourth-order valence-electron chi connectivity index (χ4n) is 3.54. The summed E-state index contributed by atoms with van der Waals surface area (Å²) in [6, 6.07) is 17.1. The minimum absolute atomic E-state index is 0.200. The van der Waals surface area contributed by atoms with E-state index in [2.05, 4.69) is 31.4 Å². The van der Waals surface area contributed by atoms with Crippen molar-refractivity contribution in [3.05, 3.63) is 97.9 Å². The summed E-state index contributed by atoms with van der Waals surface area (Å²) in [5, 5.41) is 12.7. The van der Waals surface area contributed by atoms with E-state index < -0.39 is 0 Å². The number of aromatic nitrogens is 4. The Hall–Kier alpha value is -2.90. The highest BCUT2D eigenvalue weighted by atomic mass is 79.9. The number of halogens is 2. The Kier molecular flexibility index (Phi) is 6.48. The van der Waals surface area contributed by atoms with E-state index in [4.69, 9.17) is 11.6 Å². The third-order valence-electron chi connectivity index (χ3n) is 5.26. The molecule has 0 aliphatic heterocycles. The molecule has 0 bridgehead atoms. The maximum absolute atomic E-state index is 12.9. The first kappa shape index (κ1) is 22.3. The van der Waals surface area contributed by atoms with Gasteiger partial charge in [0.05, 0.1) is 29.0 Å². The van der Waals surface area contributed by atoms with Gasteiger partial charge in [0, 0.05) is 22.3 Å². The van der Waals surface area contributed by atoms with E-state index in [-0.39, 0.29) is 5.91 Å². The van der Waals surface area contributed by atoms with E-state index in [1.807, 2.05) is 78.7 Å². The number of benzene rings is 2. The molecule has 2 aromatic heterocycles. The highest BCUT2D eigenvalue weighted by Crippen LogP contribution is 2.21. The second-order valence-electron chi connectivity index (χ2n) is 7.76. The highest BCUT2D eigenvalue weighted by Gasteiger charge is 2.13. The maximum Gasteiger partial charge on any atom is 0.256 e. The van der Waals surface area contributed by atoms with Crippen LogP contribution < -0.4 is 5.32 Å². The Morgan fingerprint density at radius 2 is 1.66 bits per heavy atom. The Labute approximate surface area is 200 Å². The number of nitrogens with zero attached hydrogens (tertiary/aromatic N) is 4. The number of carbonyl (C=O) groups is 1. The zero-order chi connectivity index (χ0) is 22.8. The molecule has 1 amide bonds. The van der Waals surface area contributed by atoms with Crippen molar-refractivity contribution >= 4 is 39.3 Å². The van der Waals surface area contributed by atoms with Crippen molar-refractivity contribution in [3.8, 4) is 0 Å². The van der Waals surface area contributed by atoms with Gasteiger partial charge >= 0.3 is 0 Å². The van der Waals surface area contributed by atoms with E-state index in [0.29, 0.717) is 29.5 Å². The Balaban J connectivity index is 1.47. The smallest absolute Gasteiger partial charge is 0.256 e. The first-order valence-electron chi connectivity index (χ1n) is 10.2. The van der Waals surface area contributed by atoms with Gasteiger partial charge in [-0.15, -0.1) is 0 Å². The first-order chi connectivity index (χ1) is 15.3. The quantitative estimate of drug-likeness (QED) is 0.357. The molecule has 0 spiro atoms. The van der Waals surface area contributed by atoms with Gasteiger partial charge < -0.3 is 5.32 Å². The molecule has 0 saturated carbocycles. The molecule has 0 saturated heterocycles. The third-order valence-corrected chi connectivity index (χ3v) is 6.64. The number of carbonyl (C=O) groups excluding carboxylic acids is 1. The molecule has 8 heteroatoms. The number of amides is 1. The molecular formula is C24H23BrClN5O. The molecule has 0 fully saturated rings. The molecule has 6 nitrogen and oxygen atoms in total. The monoisotopic (exact) mass is 511 g/mol. The average Bonchev–Trinajstić information content (AvgIpc) is 3.21. The number of aryl methyl sites for hydroxylation is 2. The summed E-state index contributed by atoms with van der Waals surface area (Å²) in [7, 11) is 0. The Morgan fingerprint density at radius 3 is 2.34 bits per heavy atom. The summed E-state index contributed by atoms with van der Waals surface area (Å²) in [4.78, 5) is 12.9. The van der Waals surface area contributed by atoms with E-state index >= 15 is 0 Å². The second-order valence-corrected chi connectivity index (χ2v) is 8.98. The van der Waals surface area contributed by atoms with Crippen LogP contribution in [0, 0.1) is 20.8 Å². The van der Waals surface area contributed by atoms with E-state index in [1.54, 1.807) is 6.07 Å². The molecule has 0 aliphatic rings. The van der Waals surface area contributed by atoms with Gasteiger partial charge in [0.25, 0.3) is 5.91 Å². The third kappa shape index (κ3) is 4.95. The maximum atomic E-state index is 12.9. The van der Waals surface area contributed by atoms with Crippen LogP contribution in [0.15, 0.2) is 59.1 Å². The van der Waals surface area contributed by atoms with Crippen molar-refractivity contribution in [1.29, 1.82) is 0 Å². The molecule has 32 heavy (non-hydrogen) atoms. The lowest BCUT2D eigenvalue weighted by Gasteiger charge is -2.08. The van der Waals surface area contributed by atoms with Gasteiger partial charge in [-0.2, -0.15) is 10.2 Å². The fourth-order valence-corrected chi connectivity index (χ4v) is 4.04. The van der Waals surface area contributed by atoms with Crippen molar-refractivity contribution < 1.29 is 4.79 Å². The second kappa shape index (κ2) is 9.30. The number of rotatable bonds is 6. The molecule has 4 aromatic rings. The molecular weight excluding hydrogens is 490 g/mol. The van der Waals surface area contributed by atoms with Crippen LogP contribution in [0.3, 0.4) is 0 Å². The number of nitrogens with one attached hydrogen (secondary N) is 1. The van der Waals surface area contributed by atoms with Gasteiger partial charge in [-0.3, -0.25) is 14.2 Å². The zero-order valence-corrected chi connectivity index (χ0v) is 20.4. The normalized spacial score (nSPS) is 11.0. The van der Waals surface area contributed by atoms with Crippen LogP contribution in [0.5, 0.6) is 0 Å². The average molecular weight is 513 g/mol. The van der Waals surface area contributed by atoms with Gasteiger partial charge in [-0.1, -0.05) is 35.9 Å². The SMILES string of the molecule is Cc1nn(Cc2cccc(C(=O)Nc3cc(C)n(Cc4cccc(Cl)c4)n3)c2)c(C)c1Br. The summed E-state index contributed by atoms with van der Waals surface area (Å²) in [6.45, 7) is 7.11. The lowest BCUT2D eigenvalue weighted by atomic mass is 10.1. The van der Waals surface area contributed by atoms with Crippen molar-refractivity contribution in [3.63, 3.8) is 0 Å². The van der Waals surface area contributed by atoms with Gasteiger partial charge in [0.1, 0.15) is 0 Å². The fraction of sp³-hybridized carbons (Fsp3) is 0.208. The van der Waals surface area contributed by atoms with Crippen molar-refractivity contribution in [1.82, 2.24) is 19.6 Å². The van der Waals surface area contributed by atoms with Crippen LogP contribution in [0.1, 0.15) is 38.6 Å².